The fourth-order valence-corrected chi connectivity index (χ4v) is 6.42. The Bertz CT molecular complexity index is 1260. The van der Waals surface area contributed by atoms with Gasteiger partial charge in [0.15, 0.2) is 23.3 Å². The van der Waals surface area contributed by atoms with Gasteiger partial charge in [-0.15, -0.1) is 13.2 Å². The molecule has 216 valence electrons. The van der Waals surface area contributed by atoms with Gasteiger partial charge in [0.05, 0.1) is 11.2 Å². The average molecular weight is 567 g/mol. The number of alkyl halides is 3. The Morgan fingerprint density at radius 2 is 1.38 bits per heavy atom. The zero-order valence-corrected chi connectivity index (χ0v) is 22.6. The van der Waals surface area contributed by atoms with Crippen LogP contribution >= 0.6 is 0 Å². The van der Waals surface area contributed by atoms with E-state index in [1.54, 1.807) is 12.1 Å². The number of halogens is 7. The quantitative estimate of drug-likeness (QED) is 0.185. The Morgan fingerprint density at radius 1 is 0.800 bits per heavy atom. The molecule has 0 spiro atoms. The molecule has 3 atom stereocenters. The second-order valence-corrected chi connectivity index (χ2v) is 10.5. The predicted molar refractivity (Wildman–Crippen MR) is 142 cm³/mol. The van der Waals surface area contributed by atoms with Crippen LogP contribution in [-0.4, -0.2) is 12.0 Å². The van der Waals surface area contributed by atoms with E-state index in [1.807, 2.05) is 37.3 Å². The summed E-state index contributed by atoms with van der Waals surface area (Å²) in [5.74, 6) is -8.86. The number of benzene rings is 3. The Kier molecular flexibility index (Phi) is 9.28. The molecule has 0 amide bonds. The topological polar surface area (TPSA) is 9.23 Å². The molecule has 3 unspecified atom stereocenters. The van der Waals surface area contributed by atoms with Crippen LogP contribution in [0.1, 0.15) is 76.7 Å². The lowest BCUT2D eigenvalue weighted by Gasteiger charge is -2.49. The summed E-state index contributed by atoms with van der Waals surface area (Å²) in [7, 11) is 0. The molecule has 1 aliphatic carbocycles. The van der Waals surface area contributed by atoms with Gasteiger partial charge in [0, 0.05) is 11.5 Å². The van der Waals surface area contributed by atoms with Crippen LogP contribution in [0.5, 0.6) is 0 Å². The van der Waals surface area contributed by atoms with Crippen LogP contribution in [0.25, 0.3) is 22.3 Å². The predicted octanol–water partition coefficient (Wildman–Crippen LogP) is 10.7. The maximum atomic E-state index is 15.8. The molecule has 1 fully saturated rings. The van der Waals surface area contributed by atoms with Crippen molar-refractivity contribution in [3.05, 3.63) is 83.4 Å². The first-order chi connectivity index (χ1) is 19.0. The largest absolute Gasteiger partial charge is 0.523 e. The normalized spacial score (nSPS) is 20.5. The highest BCUT2D eigenvalue weighted by Gasteiger charge is 2.55. The maximum absolute atomic E-state index is 15.8. The van der Waals surface area contributed by atoms with Crippen LogP contribution < -0.4 is 0 Å². The second-order valence-electron chi connectivity index (χ2n) is 10.5. The van der Waals surface area contributed by atoms with E-state index in [0.29, 0.717) is 38.5 Å². The van der Waals surface area contributed by atoms with Gasteiger partial charge in [-0.25, -0.2) is 17.6 Å². The van der Waals surface area contributed by atoms with Crippen molar-refractivity contribution in [2.45, 2.75) is 83.1 Å². The molecule has 40 heavy (non-hydrogen) atoms. The summed E-state index contributed by atoms with van der Waals surface area (Å²) < 4.78 is 109. The molecule has 0 aliphatic heterocycles. The molecule has 4 rings (SSSR count). The molecule has 3 aromatic carbocycles. The summed E-state index contributed by atoms with van der Waals surface area (Å²) in [4.78, 5) is 0. The first kappa shape index (κ1) is 30.1. The molecule has 0 aromatic heterocycles. The van der Waals surface area contributed by atoms with Gasteiger partial charge in [0.1, 0.15) is 0 Å². The third kappa shape index (κ3) is 5.92. The van der Waals surface area contributed by atoms with E-state index in [2.05, 4.69) is 0 Å². The minimum atomic E-state index is -5.10. The van der Waals surface area contributed by atoms with E-state index in [0.717, 1.165) is 11.1 Å². The van der Waals surface area contributed by atoms with Crippen molar-refractivity contribution in [1.29, 1.82) is 0 Å². The maximum Gasteiger partial charge on any atom is 0.523 e. The van der Waals surface area contributed by atoms with Gasteiger partial charge in [0.2, 0.25) is 0 Å². The Labute approximate surface area is 230 Å². The summed E-state index contributed by atoms with van der Waals surface area (Å²) in [6, 6.07) is 15.0. The van der Waals surface area contributed by atoms with Gasteiger partial charge < -0.3 is 0 Å². The fourth-order valence-electron chi connectivity index (χ4n) is 6.42. The molecule has 1 aliphatic rings. The number of ether oxygens (including phenoxy) is 1. The lowest BCUT2D eigenvalue weighted by molar-refractivity contribution is -0.384. The van der Waals surface area contributed by atoms with Crippen LogP contribution in [0.3, 0.4) is 0 Å². The molecule has 0 N–H and O–H groups in total. The van der Waals surface area contributed by atoms with Crippen molar-refractivity contribution < 1.29 is 35.5 Å². The van der Waals surface area contributed by atoms with Crippen molar-refractivity contribution in [2.24, 2.45) is 5.92 Å². The molecule has 3 aromatic rings. The van der Waals surface area contributed by atoms with Gasteiger partial charge >= 0.3 is 6.36 Å². The van der Waals surface area contributed by atoms with E-state index in [9.17, 15) is 13.2 Å². The van der Waals surface area contributed by atoms with Crippen LogP contribution in [0.15, 0.2) is 54.6 Å². The van der Waals surface area contributed by atoms with E-state index in [4.69, 9.17) is 4.74 Å². The number of rotatable bonds is 9. The van der Waals surface area contributed by atoms with E-state index in [-0.39, 0.29) is 18.4 Å². The first-order valence-electron chi connectivity index (χ1n) is 13.8. The van der Waals surface area contributed by atoms with Crippen molar-refractivity contribution in [3.63, 3.8) is 0 Å². The van der Waals surface area contributed by atoms with Gasteiger partial charge in [-0.05, 0) is 48.3 Å². The zero-order valence-electron chi connectivity index (χ0n) is 22.6. The Hall–Kier alpha value is -2.87. The minimum Gasteiger partial charge on any atom is -0.284 e. The molecule has 0 radical (unpaired) electrons. The van der Waals surface area contributed by atoms with Crippen LogP contribution in [0.2, 0.25) is 0 Å². The summed E-state index contributed by atoms with van der Waals surface area (Å²) in [6.45, 7) is 3.35. The molecular weight excluding hydrogens is 533 g/mol. The third-order valence-corrected chi connectivity index (χ3v) is 8.20. The molecule has 0 bridgehead atoms. The smallest absolute Gasteiger partial charge is 0.284 e. The van der Waals surface area contributed by atoms with Crippen LogP contribution in [0.4, 0.5) is 30.7 Å². The summed E-state index contributed by atoms with van der Waals surface area (Å²) in [6.07, 6.45) is -2.42. The van der Waals surface area contributed by atoms with E-state index < -0.39 is 58.2 Å². The summed E-state index contributed by atoms with van der Waals surface area (Å²) in [5.41, 5.74) is -2.48. The SMILES string of the molecule is CCCCC1CCCCC1(OC(F)(F)F)C(CC)c1c(F)c(F)c(-c2ccc(-c3ccccc3)cc2)c(F)c1F. The third-order valence-electron chi connectivity index (χ3n) is 8.20. The number of unbranched alkanes of at least 4 members (excludes halogenated alkanes) is 1. The van der Waals surface area contributed by atoms with Crippen molar-refractivity contribution in [3.8, 4) is 22.3 Å². The van der Waals surface area contributed by atoms with Crippen LogP contribution in [-0.2, 0) is 4.74 Å². The minimum absolute atomic E-state index is 0.0909. The summed E-state index contributed by atoms with van der Waals surface area (Å²) in [5, 5.41) is 0. The molecule has 0 heterocycles. The lowest BCUT2D eigenvalue weighted by atomic mass is 9.63. The fraction of sp³-hybridized carbons (Fsp3) is 0.438. The first-order valence-corrected chi connectivity index (χ1v) is 13.8. The van der Waals surface area contributed by atoms with Gasteiger partial charge in [0.25, 0.3) is 0 Å². The van der Waals surface area contributed by atoms with E-state index in [1.165, 1.54) is 19.1 Å². The number of hydrogen-bond acceptors (Lipinski definition) is 1. The van der Waals surface area contributed by atoms with Gasteiger partial charge in [-0.1, -0.05) is 94.1 Å². The summed E-state index contributed by atoms with van der Waals surface area (Å²) >= 11 is 0. The Balaban J connectivity index is 1.83. The molecule has 0 saturated heterocycles. The van der Waals surface area contributed by atoms with E-state index >= 15 is 17.6 Å². The van der Waals surface area contributed by atoms with Crippen molar-refractivity contribution >= 4 is 0 Å². The molecular formula is C32H33F7O. The second kappa shape index (κ2) is 12.3. The highest BCUT2D eigenvalue weighted by molar-refractivity contribution is 5.71. The van der Waals surface area contributed by atoms with Gasteiger partial charge in [-0.2, -0.15) is 0 Å². The standard InChI is InChI=1S/C32H33F7O/c1-3-5-13-23-14-9-10-19-31(23,40-32(37,38)39)24(4-2)26-29(35)27(33)25(28(34)30(26)36)22-17-15-21(16-18-22)20-11-7-6-8-12-20/h6-8,11-12,15-18,23-24H,3-5,9-10,13-14,19H2,1-2H3. The Morgan fingerprint density at radius 3 is 1.93 bits per heavy atom. The van der Waals surface area contributed by atoms with Crippen molar-refractivity contribution in [1.82, 2.24) is 0 Å². The lowest BCUT2D eigenvalue weighted by Crippen LogP contribution is -2.51. The molecule has 8 heteroatoms. The molecule has 1 nitrogen and oxygen atoms in total. The zero-order chi connectivity index (χ0) is 29.1. The molecule has 1 saturated carbocycles. The van der Waals surface area contributed by atoms with Crippen molar-refractivity contribution in [2.75, 3.05) is 0 Å². The highest BCUT2D eigenvalue weighted by Crippen LogP contribution is 2.53. The highest BCUT2D eigenvalue weighted by atomic mass is 19.4. The van der Waals surface area contributed by atoms with Gasteiger partial charge in [-0.3, -0.25) is 4.74 Å². The monoisotopic (exact) mass is 566 g/mol. The average Bonchev–Trinajstić information content (AvgIpc) is 2.94. The number of hydrogen-bond donors (Lipinski definition) is 0. The van der Waals surface area contributed by atoms with Crippen LogP contribution in [0, 0.1) is 29.2 Å².